The second-order valence-electron chi connectivity index (χ2n) is 6.91. The van der Waals surface area contributed by atoms with E-state index in [2.05, 4.69) is 39.1 Å². The van der Waals surface area contributed by atoms with Gasteiger partial charge in [-0.15, -0.1) is 0 Å². The molecule has 2 heterocycles. The number of halogens is 1. The maximum atomic E-state index is 6.43. The summed E-state index contributed by atoms with van der Waals surface area (Å²) in [6, 6.07) is 24.6. The van der Waals surface area contributed by atoms with Gasteiger partial charge in [0, 0.05) is 16.5 Å². The van der Waals surface area contributed by atoms with Gasteiger partial charge in [-0.05, 0) is 35.9 Å². The molecule has 0 spiro atoms. The molecule has 2 aliphatic rings. The summed E-state index contributed by atoms with van der Waals surface area (Å²) in [4.78, 5) is 0. The second kappa shape index (κ2) is 6.99. The molecule has 2 atom stereocenters. The fourth-order valence-corrected chi connectivity index (χ4v) is 4.32. The van der Waals surface area contributed by atoms with Crippen LogP contribution in [0.3, 0.4) is 0 Å². The van der Waals surface area contributed by atoms with Gasteiger partial charge in [0.1, 0.15) is 11.5 Å². The highest BCUT2D eigenvalue weighted by Crippen LogP contribution is 2.49. The summed E-state index contributed by atoms with van der Waals surface area (Å²) < 4.78 is 13.1. The third-order valence-electron chi connectivity index (χ3n) is 5.26. The van der Waals surface area contributed by atoms with Crippen LogP contribution in [-0.4, -0.2) is 17.8 Å². The summed E-state index contributed by atoms with van der Waals surface area (Å²) in [5.41, 5.74) is 4.34. The zero-order valence-corrected chi connectivity index (χ0v) is 17.0. The van der Waals surface area contributed by atoms with Crippen LogP contribution in [0.4, 0.5) is 0 Å². The predicted octanol–water partition coefficient (Wildman–Crippen LogP) is 5.70. The fraction of sp³-hybridized carbons (Fsp3) is 0.174. The molecule has 28 heavy (non-hydrogen) atoms. The number of ether oxygens (including phenoxy) is 2. The third kappa shape index (κ3) is 2.87. The van der Waals surface area contributed by atoms with Gasteiger partial charge in [0.05, 0.1) is 24.4 Å². The maximum Gasteiger partial charge on any atom is 0.217 e. The summed E-state index contributed by atoms with van der Waals surface area (Å²) in [7, 11) is 1.69. The van der Waals surface area contributed by atoms with Crippen molar-refractivity contribution < 1.29 is 9.47 Å². The van der Waals surface area contributed by atoms with Gasteiger partial charge in [-0.2, -0.15) is 5.10 Å². The van der Waals surface area contributed by atoms with Crippen molar-refractivity contribution in [2.75, 3.05) is 7.11 Å². The normalized spacial score (nSPS) is 20.1. The van der Waals surface area contributed by atoms with Crippen molar-refractivity contribution in [3.05, 3.63) is 94.0 Å². The minimum Gasteiger partial charge on any atom is -0.496 e. The molecule has 0 N–H and O–H groups in total. The summed E-state index contributed by atoms with van der Waals surface area (Å²) in [6.07, 6.45) is 0.499. The molecule has 0 aromatic heterocycles. The highest BCUT2D eigenvalue weighted by molar-refractivity contribution is 9.10. The van der Waals surface area contributed by atoms with Crippen LogP contribution in [0.25, 0.3) is 0 Å². The molecule has 5 heteroatoms. The summed E-state index contributed by atoms with van der Waals surface area (Å²) in [6.45, 7) is 0. The molecule has 0 bridgehead atoms. The van der Waals surface area contributed by atoms with Gasteiger partial charge in [-0.25, -0.2) is 5.01 Å². The van der Waals surface area contributed by atoms with E-state index in [0.717, 1.165) is 44.8 Å². The average Bonchev–Trinajstić information content (AvgIpc) is 3.20. The van der Waals surface area contributed by atoms with E-state index in [1.165, 1.54) is 0 Å². The zero-order chi connectivity index (χ0) is 19.1. The van der Waals surface area contributed by atoms with E-state index < -0.39 is 0 Å². The van der Waals surface area contributed by atoms with Crippen LogP contribution in [0.1, 0.15) is 35.4 Å². The number of hydrazone groups is 1. The van der Waals surface area contributed by atoms with E-state index >= 15 is 0 Å². The largest absolute Gasteiger partial charge is 0.496 e. The molecular formula is C23H19BrN2O2. The number of benzene rings is 3. The Bertz CT molecular complexity index is 1050. The third-order valence-corrected chi connectivity index (χ3v) is 5.76. The molecule has 0 saturated heterocycles. The lowest BCUT2D eigenvalue weighted by molar-refractivity contribution is -0.0203. The van der Waals surface area contributed by atoms with Crippen molar-refractivity contribution in [3.63, 3.8) is 0 Å². The monoisotopic (exact) mass is 434 g/mol. The Morgan fingerprint density at radius 2 is 1.79 bits per heavy atom. The van der Waals surface area contributed by atoms with Crippen molar-refractivity contribution in [1.29, 1.82) is 0 Å². The van der Waals surface area contributed by atoms with Gasteiger partial charge in [-0.1, -0.05) is 58.4 Å². The molecule has 4 nitrogen and oxygen atoms in total. The van der Waals surface area contributed by atoms with Crippen LogP contribution in [0.5, 0.6) is 11.5 Å². The molecule has 0 fully saturated rings. The lowest BCUT2D eigenvalue weighted by Crippen LogP contribution is -2.34. The molecule has 2 aliphatic heterocycles. The zero-order valence-electron chi connectivity index (χ0n) is 15.4. The molecule has 3 aromatic rings. The number of methoxy groups -OCH3 is 1. The van der Waals surface area contributed by atoms with Gasteiger partial charge in [0.15, 0.2) is 0 Å². The molecule has 0 amide bonds. The molecule has 0 aliphatic carbocycles. The summed E-state index contributed by atoms with van der Waals surface area (Å²) in [5.74, 6) is 1.69. The number of fused-ring (bicyclic) bond motifs is 3. The number of hydrogen-bond acceptors (Lipinski definition) is 4. The molecule has 5 rings (SSSR count). The van der Waals surface area contributed by atoms with E-state index in [1.54, 1.807) is 7.11 Å². The first-order valence-corrected chi connectivity index (χ1v) is 10.0. The first-order chi connectivity index (χ1) is 13.7. The molecule has 2 unspecified atom stereocenters. The highest BCUT2D eigenvalue weighted by atomic mass is 79.9. The Morgan fingerprint density at radius 1 is 1.00 bits per heavy atom. The van der Waals surface area contributed by atoms with Crippen molar-refractivity contribution in [1.82, 2.24) is 5.01 Å². The van der Waals surface area contributed by atoms with Crippen molar-refractivity contribution >= 4 is 21.6 Å². The van der Waals surface area contributed by atoms with Gasteiger partial charge in [-0.3, -0.25) is 0 Å². The van der Waals surface area contributed by atoms with Gasteiger partial charge >= 0.3 is 0 Å². The lowest BCUT2D eigenvalue weighted by atomic mass is 9.96. The van der Waals surface area contributed by atoms with Crippen LogP contribution in [0.2, 0.25) is 0 Å². The number of para-hydroxylation sites is 1. The van der Waals surface area contributed by atoms with Crippen molar-refractivity contribution in [3.8, 4) is 11.5 Å². The van der Waals surface area contributed by atoms with E-state index in [1.807, 2.05) is 54.6 Å². The maximum absolute atomic E-state index is 6.43. The minimum atomic E-state index is -0.337. The summed E-state index contributed by atoms with van der Waals surface area (Å²) >= 11 is 3.60. The number of hydrogen-bond donors (Lipinski definition) is 0. The minimum absolute atomic E-state index is 0.117. The topological polar surface area (TPSA) is 34.1 Å². The SMILES string of the molecule is COc1ccccc1C1Oc2ccc(Br)cc2C2CC(c3ccccc3)=NN21. The van der Waals surface area contributed by atoms with Crippen LogP contribution < -0.4 is 9.47 Å². The lowest BCUT2D eigenvalue weighted by Gasteiger charge is -2.38. The van der Waals surface area contributed by atoms with Crippen LogP contribution in [-0.2, 0) is 0 Å². The van der Waals surface area contributed by atoms with E-state index in [-0.39, 0.29) is 12.3 Å². The first kappa shape index (κ1) is 17.3. The Morgan fingerprint density at radius 3 is 2.61 bits per heavy atom. The quantitative estimate of drug-likeness (QED) is 0.529. The van der Waals surface area contributed by atoms with E-state index in [0.29, 0.717) is 0 Å². The standard InChI is InChI=1S/C23H19BrN2O2/c1-27-21-10-6-5-9-17(21)23-26-20(18-13-16(24)11-12-22(18)28-23)14-19(25-26)15-7-3-2-4-8-15/h2-13,20,23H,14H2,1H3. The van der Waals surface area contributed by atoms with Gasteiger partial charge in [0.25, 0.3) is 0 Å². The second-order valence-corrected chi connectivity index (χ2v) is 7.82. The molecule has 140 valence electrons. The Hall–Kier alpha value is -2.79. The molecule has 0 radical (unpaired) electrons. The highest BCUT2D eigenvalue weighted by Gasteiger charge is 2.41. The van der Waals surface area contributed by atoms with Crippen molar-refractivity contribution in [2.45, 2.75) is 18.7 Å². The predicted molar refractivity (Wildman–Crippen MR) is 113 cm³/mol. The van der Waals surface area contributed by atoms with Crippen molar-refractivity contribution in [2.24, 2.45) is 5.10 Å². The molecule has 3 aromatic carbocycles. The van der Waals surface area contributed by atoms with E-state index in [9.17, 15) is 0 Å². The molecule has 0 saturated carbocycles. The van der Waals surface area contributed by atoms with Crippen LogP contribution >= 0.6 is 15.9 Å². The Labute approximate surface area is 172 Å². The Kier molecular flexibility index (Phi) is 4.32. The van der Waals surface area contributed by atoms with Crippen LogP contribution in [0, 0.1) is 0 Å². The number of nitrogens with zero attached hydrogens (tertiary/aromatic N) is 2. The van der Waals surface area contributed by atoms with E-state index in [4.69, 9.17) is 14.6 Å². The Balaban J connectivity index is 1.64. The fourth-order valence-electron chi connectivity index (χ4n) is 3.94. The smallest absolute Gasteiger partial charge is 0.217 e. The summed E-state index contributed by atoms with van der Waals surface area (Å²) in [5, 5.41) is 7.07. The van der Waals surface area contributed by atoms with Gasteiger partial charge < -0.3 is 9.47 Å². The average molecular weight is 435 g/mol. The number of rotatable bonds is 3. The molecular weight excluding hydrogens is 416 g/mol. The first-order valence-electron chi connectivity index (χ1n) is 9.25. The van der Waals surface area contributed by atoms with Gasteiger partial charge in [0.2, 0.25) is 6.23 Å². The van der Waals surface area contributed by atoms with Crippen LogP contribution in [0.15, 0.2) is 82.4 Å².